The van der Waals surface area contributed by atoms with E-state index in [1.807, 2.05) is 13.0 Å². The van der Waals surface area contributed by atoms with Gasteiger partial charge in [0.05, 0.1) is 11.0 Å². The van der Waals surface area contributed by atoms with Crippen molar-refractivity contribution in [3.63, 3.8) is 0 Å². The highest BCUT2D eigenvalue weighted by atomic mass is 35.5. The molecule has 1 aromatic rings. The molecule has 1 N–H and O–H groups in total. The van der Waals surface area contributed by atoms with E-state index in [-0.39, 0.29) is 16.6 Å². The summed E-state index contributed by atoms with van der Waals surface area (Å²) < 4.78 is 25.4. The SMILES string of the molecule is Cc1cc(Cl)ccc1C(=O)NCC1(CC2CC2)CCC(S(=O)(=O)CC2CC2)CC1. The quantitative estimate of drug-likeness (QED) is 0.626. The van der Waals surface area contributed by atoms with E-state index in [4.69, 9.17) is 11.6 Å². The van der Waals surface area contributed by atoms with Gasteiger partial charge in [-0.3, -0.25) is 4.79 Å². The second-order valence-corrected chi connectivity index (χ2v) is 12.5. The minimum atomic E-state index is -2.97. The van der Waals surface area contributed by atoms with Gasteiger partial charge in [0.25, 0.3) is 5.91 Å². The standard InChI is InChI=1S/C23H32ClNO3S/c1-16-12-19(24)6-7-21(16)22(26)25-15-23(13-17-2-3-17)10-8-20(9-11-23)29(27,28)14-18-4-5-18/h6-7,12,17-18,20H,2-5,8-11,13-15H2,1H3,(H,25,26). The number of hydrogen-bond donors (Lipinski definition) is 1. The van der Waals surface area contributed by atoms with Crippen molar-refractivity contribution < 1.29 is 13.2 Å². The summed E-state index contributed by atoms with van der Waals surface area (Å²) in [6, 6.07) is 5.34. The summed E-state index contributed by atoms with van der Waals surface area (Å²) in [5.74, 6) is 1.50. The topological polar surface area (TPSA) is 63.2 Å². The fourth-order valence-electron chi connectivity index (χ4n) is 4.94. The zero-order valence-electron chi connectivity index (χ0n) is 17.3. The molecule has 0 heterocycles. The monoisotopic (exact) mass is 437 g/mol. The second kappa shape index (κ2) is 8.22. The predicted octanol–water partition coefficient (Wildman–Crippen LogP) is 4.93. The van der Waals surface area contributed by atoms with E-state index in [0.717, 1.165) is 56.4 Å². The Morgan fingerprint density at radius 2 is 1.76 bits per heavy atom. The van der Waals surface area contributed by atoms with Crippen LogP contribution in [0, 0.1) is 24.2 Å². The maximum Gasteiger partial charge on any atom is 0.251 e. The average Bonchev–Trinajstić information content (AvgIpc) is 3.58. The van der Waals surface area contributed by atoms with Crippen molar-refractivity contribution in [2.24, 2.45) is 17.3 Å². The van der Waals surface area contributed by atoms with E-state index < -0.39 is 9.84 Å². The van der Waals surface area contributed by atoms with Gasteiger partial charge >= 0.3 is 0 Å². The molecule has 3 aliphatic rings. The van der Waals surface area contributed by atoms with Crippen molar-refractivity contribution >= 4 is 27.3 Å². The molecular formula is C23H32ClNO3S. The van der Waals surface area contributed by atoms with Crippen LogP contribution in [0.5, 0.6) is 0 Å². The molecule has 1 amide bonds. The predicted molar refractivity (Wildman–Crippen MR) is 117 cm³/mol. The number of halogens is 1. The van der Waals surface area contributed by atoms with Crippen LogP contribution in [0.15, 0.2) is 18.2 Å². The number of aryl methyl sites for hydroxylation is 1. The van der Waals surface area contributed by atoms with Crippen molar-refractivity contribution in [3.05, 3.63) is 34.3 Å². The molecule has 0 aromatic heterocycles. The lowest BCUT2D eigenvalue weighted by atomic mass is 9.70. The molecule has 0 radical (unpaired) electrons. The van der Waals surface area contributed by atoms with Crippen LogP contribution in [0.3, 0.4) is 0 Å². The zero-order chi connectivity index (χ0) is 20.6. The average molecular weight is 438 g/mol. The van der Waals surface area contributed by atoms with Crippen LogP contribution in [0.25, 0.3) is 0 Å². The Bertz CT molecular complexity index is 866. The summed E-state index contributed by atoms with van der Waals surface area (Å²) in [5, 5.41) is 3.63. The Kier molecular flexibility index (Phi) is 6.00. The Morgan fingerprint density at radius 1 is 1.10 bits per heavy atom. The highest BCUT2D eigenvalue weighted by molar-refractivity contribution is 7.92. The number of carbonyl (C=O) groups is 1. The minimum absolute atomic E-state index is 0.0444. The van der Waals surface area contributed by atoms with Gasteiger partial charge in [0.1, 0.15) is 0 Å². The second-order valence-electron chi connectivity index (χ2n) is 9.76. The molecule has 29 heavy (non-hydrogen) atoms. The zero-order valence-corrected chi connectivity index (χ0v) is 18.8. The molecule has 3 aliphatic carbocycles. The lowest BCUT2D eigenvalue weighted by Gasteiger charge is -2.40. The Morgan fingerprint density at radius 3 is 2.34 bits per heavy atom. The molecule has 4 nitrogen and oxygen atoms in total. The van der Waals surface area contributed by atoms with Crippen LogP contribution < -0.4 is 5.32 Å². The normalized spacial score (nSPS) is 27.6. The molecule has 0 aliphatic heterocycles. The van der Waals surface area contributed by atoms with Gasteiger partial charge in [-0.15, -0.1) is 0 Å². The lowest BCUT2D eigenvalue weighted by molar-refractivity contribution is 0.0895. The lowest BCUT2D eigenvalue weighted by Crippen LogP contribution is -2.43. The van der Waals surface area contributed by atoms with E-state index >= 15 is 0 Å². The Labute approximate surface area is 179 Å². The van der Waals surface area contributed by atoms with Crippen molar-refractivity contribution in [1.29, 1.82) is 0 Å². The summed E-state index contributed by atoms with van der Waals surface area (Å²) in [5.41, 5.74) is 1.58. The molecule has 0 unspecified atom stereocenters. The maximum atomic E-state index is 12.8. The smallest absolute Gasteiger partial charge is 0.251 e. The molecule has 0 spiro atoms. The van der Waals surface area contributed by atoms with Crippen LogP contribution in [-0.4, -0.2) is 31.9 Å². The van der Waals surface area contributed by atoms with E-state index in [1.54, 1.807) is 12.1 Å². The first kappa shape index (κ1) is 21.2. The first-order chi connectivity index (χ1) is 13.8. The number of carbonyl (C=O) groups excluding carboxylic acids is 1. The Balaban J connectivity index is 1.39. The molecule has 0 saturated heterocycles. The van der Waals surface area contributed by atoms with Crippen molar-refractivity contribution in [1.82, 2.24) is 5.32 Å². The summed E-state index contributed by atoms with van der Waals surface area (Å²) in [4.78, 5) is 12.8. The first-order valence-electron chi connectivity index (χ1n) is 11.0. The largest absolute Gasteiger partial charge is 0.351 e. The number of amides is 1. The summed E-state index contributed by atoms with van der Waals surface area (Å²) in [7, 11) is -2.97. The van der Waals surface area contributed by atoms with Crippen LogP contribution in [-0.2, 0) is 9.84 Å². The van der Waals surface area contributed by atoms with Gasteiger partial charge < -0.3 is 5.32 Å². The third kappa shape index (κ3) is 5.35. The van der Waals surface area contributed by atoms with Gasteiger partial charge in [0, 0.05) is 17.1 Å². The molecule has 4 rings (SSSR count). The highest BCUT2D eigenvalue weighted by Gasteiger charge is 2.43. The van der Waals surface area contributed by atoms with E-state index in [2.05, 4.69) is 5.32 Å². The van der Waals surface area contributed by atoms with Crippen molar-refractivity contribution in [2.45, 2.75) is 70.0 Å². The van der Waals surface area contributed by atoms with Gasteiger partial charge in [-0.1, -0.05) is 24.4 Å². The fraction of sp³-hybridized carbons (Fsp3) is 0.696. The summed E-state index contributed by atoms with van der Waals surface area (Å²) in [6.45, 7) is 2.54. The molecule has 0 atom stereocenters. The van der Waals surface area contributed by atoms with Crippen LogP contribution >= 0.6 is 11.6 Å². The van der Waals surface area contributed by atoms with E-state index in [1.165, 1.54) is 12.8 Å². The van der Waals surface area contributed by atoms with Gasteiger partial charge in [-0.2, -0.15) is 0 Å². The summed E-state index contributed by atoms with van der Waals surface area (Å²) >= 11 is 6.01. The third-order valence-corrected chi connectivity index (χ3v) is 9.80. The molecule has 160 valence electrons. The van der Waals surface area contributed by atoms with Crippen LogP contribution in [0.4, 0.5) is 0 Å². The summed E-state index contributed by atoms with van der Waals surface area (Å²) in [6.07, 6.45) is 9.11. The van der Waals surface area contributed by atoms with Gasteiger partial charge in [0.15, 0.2) is 9.84 Å². The van der Waals surface area contributed by atoms with Crippen LogP contribution in [0.1, 0.15) is 73.7 Å². The maximum absolute atomic E-state index is 12.8. The fourth-order valence-corrected chi connectivity index (χ4v) is 7.39. The van der Waals surface area contributed by atoms with Crippen LogP contribution in [0.2, 0.25) is 5.02 Å². The van der Waals surface area contributed by atoms with Crippen molar-refractivity contribution in [3.8, 4) is 0 Å². The highest BCUT2D eigenvalue weighted by Crippen LogP contribution is 2.48. The number of benzene rings is 1. The molecule has 0 bridgehead atoms. The Hall–Kier alpha value is -1.07. The molecular weight excluding hydrogens is 406 g/mol. The molecule has 3 saturated carbocycles. The molecule has 3 fully saturated rings. The number of hydrogen-bond acceptors (Lipinski definition) is 3. The third-order valence-electron chi connectivity index (χ3n) is 7.14. The first-order valence-corrected chi connectivity index (χ1v) is 13.1. The number of nitrogens with one attached hydrogen (secondary N) is 1. The van der Waals surface area contributed by atoms with Gasteiger partial charge in [0.2, 0.25) is 0 Å². The van der Waals surface area contributed by atoms with Gasteiger partial charge in [-0.25, -0.2) is 8.42 Å². The number of sulfone groups is 1. The molecule has 1 aromatic carbocycles. The minimum Gasteiger partial charge on any atom is -0.351 e. The van der Waals surface area contributed by atoms with Crippen molar-refractivity contribution in [2.75, 3.05) is 12.3 Å². The van der Waals surface area contributed by atoms with E-state index in [0.29, 0.717) is 28.8 Å². The van der Waals surface area contributed by atoms with Gasteiger partial charge in [-0.05, 0) is 92.9 Å². The molecule has 6 heteroatoms. The van der Waals surface area contributed by atoms with E-state index in [9.17, 15) is 13.2 Å². The number of rotatable bonds is 8.